The van der Waals surface area contributed by atoms with Crippen LogP contribution in [0, 0.1) is 6.92 Å². The largest absolute Gasteiger partial charge is 0.379 e. The number of sulfone groups is 1. The first-order valence-electron chi connectivity index (χ1n) is 10.9. The molecule has 0 radical (unpaired) electrons. The third-order valence-electron chi connectivity index (χ3n) is 6.96. The molecule has 1 aromatic heterocycles. The van der Waals surface area contributed by atoms with Gasteiger partial charge in [-0.15, -0.1) is 0 Å². The summed E-state index contributed by atoms with van der Waals surface area (Å²) in [5.74, 6) is 0.824. The third-order valence-corrected chi connectivity index (χ3v) is 8.99. The van der Waals surface area contributed by atoms with Gasteiger partial charge in [0.1, 0.15) is 16.7 Å². The zero-order chi connectivity index (χ0) is 22.0. The van der Waals surface area contributed by atoms with Gasteiger partial charge in [0.25, 0.3) is 0 Å². The molecule has 3 aliphatic rings. The summed E-state index contributed by atoms with van der Waals surface area (Å²) in [6.07, 6.45) is 6.55. The molecule has 31 heavy (non-hydrogen) atoms. The Morgan fingerprint density at radius 1 is 1.29 bits per heavy atom. The Kier molecular flexibility index (Phi) is 4.80. The molecule has 1 aromatic carbocycles. The zero-order valence-electron chi connectivity index (χ0n) is 18.6. The van der Waals surface area contributed by atoms with Crippen molar-refractivity contribution in [1.29, 1.82) is 0 Å². The lowest BCUT2D eigenvalue weighted by atomic mass is 10.0. The van der Waals surface area contributed by atoms with Crippen molar-refractivity contribution in [2.75, 3.05) is 33.1 Å². The number of nitrogens with one attached hydrogen (secondary N) is 1. The number of aliphatic imine (C=N–C) groups is 1. The van der Waals surface area contributed by atoms with Gasteiger partial charge in [0, 0.05) is 48.6 Å². The predicted molar refractivity (Wildman–Crippen MR) is 123 cm³/mol. The SMILES string of the molecule is Cc1cc(C2=NC(C3(S(C)(=O)=O)CC3)=CC(N3CCOCC3C)N2C)c2cc[nH]c2c1. The highest BCUT2D eigenvalue weighted by Crippen LogP contribution is 2.51. The molecule has 2 aromatic rings. The first kappa shape index (κ1) is 20.7. The van der Waals surface area contributed by atoms with Crippen LogP contribution in [0.25, 0.3) is 10.9 Å². The van der Waals surface area contributed by atoms with Crippen LogP contribution in [-0.4, -0.2) is 79.1 Å². The van der Waals surface area contributed by atoms with Crippen LogP contribution in [0.2, 0.25) is 0 Å². The summed E-state index contributed by atoms with van der Waals surface area (Å²) in [4.78, 5) is 12.9. The minimum absolute atomic E-state index is 0.0740. The van der Waals surface area contributed by atoms with E-state index in [1.807, 2.05) is 6.20 Å². The van der Waals surface area contributed by atoms with Crippen molar-refractivity contribution in [2.24, 2.45) is 4.99 Å². The van der Waals surface area contributed by atoms with Crippen LogP contribution in [0.5, 0.6) is 0 Å². The summed E-state index contributed by atoms with van der Waals surface area (Å²) in [6, 6.07) is 6.57. The maximum absolute atomic E-state index is 12.7. The number of H-pyrrole nitrogens is 1. The second-order valence-electron chi connectivity index (χ2n) is 9.19. The molecule has 2 unspecified atom stereocenters. The second-order valence-corrected chi connectivity index (χ2v) is 11.5. The average molecular weight is 443 g/mol. The van der Waals surface area contributed by atoms with E-state index < -0.39 is 14.6 Å². The van der Waals surface area contributed by atoms with Crippen molar-refractivity contribution in [3.05, 3.63) is 47.3 Å². The minimum Gasteiger partial charge on any atom is -0.379 e. The van der Waals surface area contributed by atoms with Crippen molar-refractivity contribution >= 4 is 26.6 Å². The summed E-state index contributed by atoms with van der Waals surface area (Å²) in [5.41, 5.74) is 3.91. The summed E-state index contributed by atoms with van der Waals surface area (Å²) >= 11 is 0. The first-order chi connectivity index (χ1) is 14.7. The monoisotopic (exact) mass is 442 g/mol. The maximum Gasteiger partial charge on any atom is 0.158 e. The smallest absolute Gasteiger partial charge is 0.158 e. The number of nitrogens with zero attached hydrogens (tertiary/aromatic N) is 3. The van der Waals surface area contributed by atoms with Gasteiger partial charge >= 0.3 is 0 Å². The Labute approximate surface area is 183 Å². The number of amidine groups is 1. The van der Waals surface area contributed by atoms with Crippen molar-refractivity contribution < 1.29 is 13.2 Å². The van der Waals surface area contributed by atoms with Crippen LogP contribution >= 0.6 is 0 Å². The third kappa shape index (κ3) is 3.32. The fourth-order valence-electron chi connectivity index (χ4n) is 4.99. The van der Waals surface area contributed by atoms with Gasteiger partial charge in [-0.2, -0.15) is 0 Å². The number of aromatic amines is 1. The van der Waals surface area contributed by atoms with Gasteiger partial charge in [0.2, 0.25) is 0 Å². The molecule has 0 spiro atoms. The molecular weight excluding hydrogens is 412 g/mol. The van der Waals surface area contributed by atoms with Gasteiger partial charge < -0.3 is 14.6 Å². The van der Waals surface area contributed by atoms with E-state index in [0.29, 0.717) is 31.8 Å². The molecule has 1 saturated heterocycles. The molecule has 166 valence electrons. The summed E-state index contributed by atoms with van der Waals surface area (Å²) in [6.45, 7) is 6.38. The molecule has 0 bridgehead atoms. The molecule has 2 atom stereocenters. The Balaban J connectivity index is 1.68. The lowest BCUT2D eigenvalue weighted by Gasteiger charge is -2.45. The Hall–Kier alpha value is -2.16. The molecule has 1 saturated carbocycles. The average Bonchev–Trinajstić information content (AvgIpc) is 3.41. The van der Waals surface area contributed by atoms with E-state index in [0.717, 1.165) is 34.4 Å². The molecule has 5 rings (SSSR count). The number of fused-ring (bicyclic) bond motifs is 1. The number of aryl methyl sites for hydroxylation is 1. The summed E-state index contributed by atoms with van der Waals surface area (Å²) in [7, 11) is -1.21. The van der Waals surface area contributed by atoms with Crippen LogP contribution in [0.4, 0.5) is 0 Å². The standard InChI is InChI=1S/C23H30N4O3S/c1-15-11-18(17-5-8-24-19(17)12-15)22-25-20(23(6-7-23)31(4,28)29)13-21(26(22)3)27-9-10-30-14-16(27)2/h5,8,11-13,16,21,24H,6-7,9-10,14H2,1-4H3. The summed E-state index contributed by atoms with van der Waals surface area (Å²) < 4.78 is 30.3. The lowest BCUT2D eigenvalue weighted by molar-refractivity contribution is -0.0336. The van der Waals surface area contributed by atoms with Crippen LogP contribution in [0.15, 0.2) is 41.2 Å². The van der Waals surface area contributed by atoms with E-state index in [9.17, 15) is 8.42 Å². The van der Waals surface area contributed by atoms with Crippen LogP contribution in [0.3, 0.4) is 0 Å². The van der Waals surface area contributed by atoms with Gasteiger partial charge in [-0.05, 0) is 56.5 Å². The van der Waals surface area contributed by atoms with Crippen molar-refractivity contribution in [3.63, 3.8) is 0 Å². The first-order valence-corrected chi connectivity index (χ1v) is 12.8. The maximum atomic E-state index is 12.7. The number of rotatable bonds is 4. The van der Waals surface area contributed by atoms with E-state index in [1.165, 1.54) is 6.26 Å². The number of morpholine rings is 1. The molecular formula is C23H30N4O3S. The van der Waals surface area contributed by atoms with Crippen molar-refractivity contribution in [3.8, 4) is 0 Å². The van der Waals surface area contributed by atoms with Gasteiger partial charge in [-0.1, -0.05) is 0 Å². The molecule has 1 N–H and O–H groups in total. The lowest BCUT2D eigenvalue weighted by Crippen LogP contribution is -2.57. The van der Waals surface area contributed by atoms with Crippen LogP contribution in [-0.2, 0) is 14.6 Å². The molecule has 1 aliphatic carbocycles. The number of ether oxygens (including phenoxy) is 1. The fourth-order valence-corrected chi connectivity index (χ4v) is 6.33. The fraction of sp³-hybridized carbons (Fsp3) is 0.522. The van der Waals surface area contributed by atoms with E-state index in [-0.39, 0.29) is 12.2 Å². The Bertz CT molecular complexity index is 1190. The van der Waals surface area contributed by atoms with Crippen LogP contribution in [0.1, 0.15) is 30.9 Å². The van der Waals surface area contributed by atoms with Crippen molar-refractivity contribution in [1.82, 2.24) is 14.8 Å². The normalized spacial score (nSPS) is 26.6. The minimum atomic E-state index is -3.26. The second kappa shape index (κ2) is 7.18. The van der Waals surface area contributed by atoms with Crippen LogP contribution < -0.4 is 0 Å². The number of benzene rings is 1. The van der Waals surface area contributed by atoms with Gasteiger partial charge in [-0.25, -0.2) is 13.4 Å². The summed E-state index contributed by atoms with van der Waals surface area (Å²) in [5, 5.41) is 1.09. The van der Waals surface area contributed by atoms with Gasteiger partial charge in [-0.3, -0.25) is 4.90 Å². The number of hydrogen-bond donors (Lipinski definition) is 1. The zero-order valence-corrected chi connectivity index (χ0v) is 19.4. The highest BCUT2D eigenvalue weighted by molar-refractivity contribution is 7.92. The number of aromatic nitrogens is 1. The van der Waals surface area contributed by atoms with Gasteiger partial charge in [0.05, 0.1) is 18.9 Å². The quantitative estimate of drug-likeness (QED) is 0.788. The van der Waals surface area contributed by atoms with E-state index in [4.69, 9.17) is 9.73 Å². The topological polar surface area (TPSA) is 78.0 Å². The molecule has 8 heteroatoms. The molecule has 2 fully saturated rings. The Morgan fingerprint density at radius 3 is 2.74 bits per heavy atom. The van der Waals surface area contributed by atoms with E-state index in [2.05, 4.69) is 60.0 Å². The number of likely N-dealkylation sites (N-methyl/N-ethyl adjacent to an activating group) is 1. The molecule has 0 amide bonds. The highest BCUT2D eigenvalue weighted by Gasteiger charge is 2.56. The highest BCUT2D eigenvalue weighted by atomic mass is 32.2. The molecule has 2 aliphatic heterocycles. The van der Waals surface area contributed by atoms with E-state index in [1.54, 1.807) is 0 Å². The van der Waals surface area contributed by atoms with E-state index >= 15 is 0 Å². The van der Waals surface area contributed by atoms with Gasteiger partial charge in [0.15, 0.2) is 9.84 Å². The Morgan fingerprint density at radius 2 is 2.06 bits per heavy atom. The molecule has 3 heterocycles. The van der Waals surface area contributed by atoms with Crippen molar-refractivity contribution in [2.45, 2.75) is 43.6 Å². The predicted octanol–water partition coefficient (Wildman–Crippen LogP) is 2.68. The molecule has 7 nitrogen and oxygen atoms in total. The number of hydrogen-bond acceptors (Lipinski definition) is 6.